The third-order valence-corrected chi connectivity index (χ3v) is 3.66. The molecule has 0 aliphatic carbocycles. The Bertz CT molecular complexity index is 797. The van der Waals surface area contributed by atoms with Crippen molar-refractivity contribution < 1.29 is 14.6 Å². The first-order chi connectivity index (χ1) is 10.7. The Balaban J connectivity index is 2.14. The lowest BCUT2D eigenvalue weighted by Crippen LogP contribution is -1.94. The van der Waals surface area contributed by atoms with E-state index in [1.165, 1.54) is 0 Å². The van der Waals surface area contributed by atoms with Crippen LogP contribution in [0.5, 0.6) is 11.5 Å². The minimum absolute atomic E-state index is 0.0463. The lowest BCUT2D eigenvalue weighted by Gasteiger charge is -2.10. The fourth-order valence-electron chi connectivity index (χ4n) is 2.44. The van der Waals surface area contributed by atoms with E-state index in [1.54, 1.807) is 14.2 Å². The van der Waals surface area contributed by atoms with Crippen LogP contribution < -0.4 is 9.47 Å². The van der Waals surface area contributed by atoms with Crippen LogP contribution in [-0.4, -0.2) is 24.3 Å². The van der Waals surface area contributed by atoms with E-state index in [4.69, 9.17) is 9.47 Å². The fraction of sp³-hybridized carbons (Fsp3) is 0.167. The number of methoxy groups -OCH3 is 2. The Kier molecular flexibility index (Phi) is 3.94. The largest absolute Gasteiger partial charge is 0.497 e. The van der Waals surface area contributed by atoms with Crippen LogP contribution in [-0.2, 0) is 6.61 Å². The van der Waals surface area contributed by atoms with Gasteiger partial charge in [-0.3, -0.25) is 0 Å². The molecule has 0 atom stereocenters. The predicted octanol–water partition coefficient (Wildman–Crippen LogP) is 3.41. The molecule has 0 amide bonds. The summed E-state index contributed by atoms with van der Waals surface area (Å²) in [7, 11) is 3.26. The normalized spacial score (nSPS) is 10.7. The van der Waals surface area contributed by atoms with Gasteiger partial charge in [0.2, 0.25) is 0 Å². The first-order valence-electron chi connectivity index (χ1n) is 6.98. The van der Waals surface area contributed by atoms with Crippen LogP contribution in [0.1, 0.15) is 5.56 Å². The molecule has 0 spiro atoms. The summed E-state index contributed by atoms with van der Waals surface area (Å²) in [6, 6.07) is 15.3. The number of aliphatic hydroxyl groups excluding tert-OH is 1. The van der Waals surface area contributed by atoms with Crippen LogP contribution in [0.4, 0.5) is 0 Å². The molecule has 0 aliphatic rings. The van der Waals surface area contributed by atoms with Crippen molar-refractivity contribution >= 4 is 10.9 Å². The molecule has 4 nitrogen and oxygen atoms in total. The number of ether oxygens (including phenoxy) is 2. The van der Waals surface area contributed by atoms with E-state index >= 15 is 0 Å². The summed E-state index contributed by atoms with van der Waals surface area (Å²) in [5.41, 5.74) is 3.46. The van der Waals surface area contributed by atoms with Crippen molar-refractivity contribution in [2.24, 2.45) is 0 Å². The van der Waals surface area contributed by atoms with Gasteiger partial charge in [0.15, 0.2) is 0 Å². The maximum atomic E-state index is 9.66. The van der Waals surface area contributed by atoms with Gasteiger partial charge in [0.05, 0.1) is 32.0 Å². The number of aliphatic hydroxyl groups is 1. The van der Waals surface area contributed by atoms with Gasteiger partial charge in [-0.05, 0) is 54.1 Å². The molecule has 22 heavy (non-hydrogen) atoms. The third-order valence-electron chi connectivity index (χ3n) is 3.66. The van der Waals surface area contributed by atoms with E-state index < -0.39 is 0 Å². The van der Waals surface area contributed by atoms with Crippen LogP contribution in [0.3, 0.4) is 0 Å². The van der Waals surface area contributed by atoms with Crippen LogP contribution in [0.15, 0.2) is 48.5 Å². The Labute approximate surface area is 129 Å². The van der Waals surface area contributed by atoms with E-state index in [-0.39, 0.29) is 6.61 Å². The summed E-state index contributed by atoms with van der Waals surface area (Å²) in [4.78, 5) is 4.68. The highest BCUT2D eigenvalue weighted by molar-refractivity contribution is 5.86. The van der Waals surface area contributed by atoms with Crippen molar-refractivity contribution in [3.8, 4) is 22.8 Å². The monoisotopic (exact) mass is 295 g/mol. The Hall–Kier alpha value is -2.59. The van der Waals surface area contributed by atoms with Gasteiger partial charge in [0, 0.05) is 10.9 Å². The molecule has 1 aromatic heterocycles. The third kappa shape index (κ3) is 2.61. The highest BCUT2D eigenvalue weighted by Crippen LogP contribution is 2.28. The topological polar surface area (TPSA) is 51.6 Å². The number of aromatic nitrogens is 1. The molecular formula is C18H17NO3. The van der Waals surface area contributed by atoms with Gasteiger partial charge in [-0.1, -0.05) is 0 Å². The molecular weight excluding hydrogens is 278 g/mol. The summed E-state index contributed by atoms with van der Waals surface area (Å²) in [6.07, 6.45) is 0. The Morgan fingerprint density at radius 2 is 1.59 bits per heavy atom. The van der Waals surface area contributed by atoms with Gasteiger partial charge in [0.25, 0.3) is 0 Å². The predicted molar refractivity (Wildman–Crippen MR) is 86.2 cm³/mol. The SMILES string of the molecule is COc1ccc(-c2cc(CO)c3cc(OC)ccc3n2)cc1. The zero-order valence-electron chi connectivity index (χ0n) is 12.5. The maximum Gasteiger partial charge on any atom is 0.119 e. The second-order valence-corrected chi connectivity index (χ2v) is 4.94. The molecule has 2 aromatic carbocycles. The van der Waals surface area contributed by atoms with Crippen LogP contribution >= 0.6 is 0 Å². The van der Waals surface area contributed by atoms with Gasteiger partial charge in [0.1, 0.15) is 11.5 Å². The fourth-order valence-corrected chi connectivity index (χ4v) is 2.44. The average Bonchev–Trinajstić information content (AvgIpc) is 2.60. The molecule has 0 saturated heterocycles. The van der Waals surface area contributed by atoms with Crippen LogP contribution in [0.2, 0.25) is 0 Å². The van der Waals surface area contributed by atoms with Gasteiger partial charge < -0.3 is 14.6 Å². The average molecular weight is 295 g/mol. The molecule has 0 unspecified atom stereocenters. The zero-order valence-corrected chi connectivity index (χ0v) is 12.5. The van der Waals surface area contributed by atoms with E-state index in [1.807, 2.05) is 48.5 Å². The quantitative estimate of drug-likeness (QED) is 0.801. The number of fused-ring (bicyclic) bond motifs is 1. The van der Waals surface area contributed by atoms with Gasteiger partial charge >= 0.3 is 0 Å². The lowest BCUT2D eigenvalue weighted by molar-refractivity contribution is 0.283. The number of benzene rings is 2. The summed E-state index contributed by atoms with van der Waals surface area (Å²) in [6.45, 7) is -0.0463. The Morgan fingerprint density at radius 3 is 2.23 bits per heavy atom. The molecule has 0 radical (unpaired) electrons. The first-order valence-corrected chi connectivity index (χ1v) is 6.98. The molecule has 0 aliphatic heterocycles. The number of hydrogen-bond donors (Lipinski definition) is 1. The van der Waals surface area contributed by atoms with Crippen molar-refractivity contribution in [3.05, 3.63) is 54.1 Å². The molecule has 1 heterocycles. The number of hydrogen-bond acceptors (Lipinski definition) is 4. The van der Waals surface area contributed by atoms with E-state index in [9.17, 15) is 5.11 Å². The highest BCUT2D eigenvalue weighted by atomic mass is 16.5. The molecule has 4 heteroatoms. The minimum atomic E-state index is -0.0463. The van der Waals surface area contributed by atoms with E-state index in [0.717, 1.165) is 39.2 Å². The van der Waals surface area contributed by atoms with Gasteiger partial charge in [-0.2, -0.15) is 0 Å². The number of nitrogens with zero attached hydrogens (tertiary/aromatic N) is 1. The summed E-state index contributed by atoms with van der Waals surface area (Å²) in [5, 5.41) is 10.6. The smallest absolute Gasteiger partial charge is 0.119 e. The van der Waals surface area contributed by atoms with Crippen LogP contribution in [0.25, 0.3) is 22.2 Å². The van der Waals surface area contributed by atoms with Crippen molar-refractivity contribution in [1.82, 2.24) is 4.98 Å². The van der Waals surface area contributed by atoms with Crippen molar-refractivity contribution in [2.75, 3.05) is 14.2 Å². The summed E-state index contributed by atoms with van der Waals surface area (Å²) >= 11 is 0. The van der Waals surface area contributed by atoms with Gasteiger partial charge in [-0.15, -0.1) is 0 Å². The maximum absolute atomic E-state index is 9.66. The zero-order chi connectivity index (χ0) is 15.5. The van der Waals surface area contributed by atoms with Crippen molar-refractivity contribution in [3.63, 3.8) is 0 Å². The standard InChI is InChI=1S/C18H17NO3/c1-21-14-5-3-12(4-6-14)18-9-13(11-20)16-10-15(22-2)7-8-17(16)19-18/h3-10,20H,11H2,1-2H3. The Morgan fingerprint density at radius 1 is 0.909 bits per heavy atom. The van der Waals surface area contributed by atoms with Gasteiger partial charge in [-0.25, -0.2) is 4.98 Å². The molecule has 0 saturated carbocycles. The van der Waals surface area contributed by atoms with E-state index in [0.29, 0.717) is 0 Å². The highest BCUT2D eigenvalue weighted by Gasteiger charge is 2.08. The second kappa shape index (κ2) is 6.03. The second-order valence-electron chi connectivity index (χ2n) is 4.94. The number of pyridine rings is 1. The molecule has 1 N–H and O–H groups in total. The molecule has 112 valence electrons. The number of rotatable bonds is 4. The molecule has 3 aromatic rings. The van der Waals surface area contributed by atoms with E-state index in [2.05, 4.69) is 4.98 Å². The summed E-state index contributed by atoms with van der Waals surface area (Å²) < 4.78 is 10.4. The van der Waals surface area contributed by atoms with Crippen molar-refractivity contribution in [1.29, 1.82) is 0 Å². The lowest BCUT2D eigenvalue weighted by atomic mass is 10.0. The molecule has 3 rings (SSSR count). The summed E-state index contributed by atoms with van der Waals surface area (Å²) in [5.74, 6) is 1.55. The van der Waals surface area contributed by atoms with Crippen LogP contribution in [0, 0.1) is 0 Å². The minimum Gasteiger partial charge on any atom is -0.497 e. The molecule has 0 fully saturated rings. The van der Waals surface area contributed by atoms with Crippen molar-refractivity contribution in [2.45, 2.75) is 6.61 Å². The molecule has 0 bridgehead atoms. The first kappa shape index (κ1) is 14.4.